The average Bonchev–Trinajstić information content (AvgIpc) is 2.92. The predicted molar refractivity (Wildman–Crippen MR) is 80.0 cm³/mol. The number of fused-ring (bicyclic) bond motifs is 1. The first-order chi connectivity index (χ1) is 8.70. The minimum absolute atomic E-state index is 0.681. The van der Waals surface area contributed by atoms with E-state index in [2.05, 4.69) is 27.0 Å². The highest BCUT2D eigenvalue weighted by Gasteiger charge is 2.07. The molecule has 18 heavy (non-hydrogen) atoms. The number of thioether (sulfide) groups is 1. The number of nitrogens with two attached hydrogens (primary N) is 1. The van der Waals surface area contributed by atoms with E-state index < -0.39 is 0 Å². The van der Waals surface area contributed by atoms with Crippen molar-refractivity contribution in [2.24, 2.45) is 0 Å². The Morgan fingerprint density at radius 2 is 2.22 bits per heavy atom. The van der Waals surface area contributed by atoms with Gasteiger partial charge >= 0.3 is 0 Å². The Morgan fingerprint density at radius 1 is 1.33 bits per heavy atom. The van der Waals surface area contributed by atoms with E-state index in [1.165, 1.54) is 4.88 Å². The van der Waals surface area contributed by atoms with Crippen LogP contribution in [0.4, 0.5) is 5.69 Å². The monoisotopic (exact) mass is 340 g/mol. The van der Waals surface area contributed by atoms with E-state index in [9.17, 15) is 0 Å². The van der Waals surface area contributed by atoms with Crippen LogP contribution in [0.3, 0.4) is 0 Å². The van der Waals surface area contributed by atoms with E-state index in [-0.39, 0.29) is 0 Å². The van der Waals surface area contributed by atoms with Crippen LogP contribution in [-0.2, 0) is 5.75 Å². The number of thiophene rings is 1. The third kappa shape index (κ3) is 2.55. The van der Waals surface area contributed by atoms with Crippen LogP contribution in [0.15, 0.2) is 43.8 Å². The Bertz CT molecular complexity index is 692. The molecule has 6 heteroatoms. The van der Waals surface area contributed by atoms with Gasteiger partial charge in [0.1, 0.15) is 5.52 Å². The molecule has 0 fully saturated rings. The molecule has 2 aromatic heterocycles. The van der Waals surface area contributed by atoms with E-state index in [4.69, 9.17) is 10.2 Å². The maximum absolute atomic E-state index is 5.71. The molecule has 0 saturated heterocycles. The molecule has 2 heterocycles. The van der Waals surface area contributed by atoms with Crippen LogP contribution >= 0.6 is 39.0 Å². The number of halogens is 1. The van der Waals surface area contributed by atoms with Gasteiger partial charge in [-0.05, 0) is 46.3 Å². The molecule has 3 aromatic rings. The van der Waals surface area contributed by atoms with Crippen molar-refractivity contribution in [1.29, 1.82) is 0 Å². The topological polar surface area (TPSA) is 52.0 Å². The number of hydrogen-bond acceptors (Lipinski definition) is 5. The van der Waals surface area contributed by atoms with Crippen molar-refractivity contribution in [2.45, 2.75) is 11.0 Å². The summed E-state index contributed by atoms with van der Waals surface area (Å²) in [6.07, 6.45) is 0. The van der Waals surface area contributed by atoms with Gasteiger partial charge in [-0.2, -0.15) is 0 Å². The Morgan fingerprint density at radius 3 is 3.00 bits per heavy atom. The smallest absolute Gasteiger partial charge is 0.257 e. The van der Waals surface area contributed by atoms with Crippen molar-refractivity contribution in [1.82, 2.24) is 4.98 Å². The summed E-state index contributed by atoms with van der Waals surface area (Å²) in [6.45, 7) is 0. The lowest BCUT2D eigenvalue weighted by Gasteiger charge is -1.91. The zero-order chi connectivity index (χ0) is 12.5. The molecule has 92 valence electrons. The van der Waals surface area contributed by atoms with Gasteiger partial charge in [-0.1, -0.05) is 11.8 Å². The van der Waals surface area contributed by atoms with Gasteiger partial charge in [-0.15, -0.1) is 11.3 Å². The summed E-state index contributed by atoms with van der Waals surface area (Å²) in [5, 5.41) is 0.681. The summed E-state index contributed by atoms with van der Waals surface area (Å²) in [7, 11) is 0. The van der Waals surface area contributed by atoms with E-state index in [1.54, 1.807) is 23.1 Å². The van der Waals surface area contributed by atoms with Gasteiger partial charge in [0.15, 0.2) is 5.58 Å². The highest BCUT2D eigenvalue weighted by atomic mass is 79.9. The molecule has 0 saturated carbocycles. The number of rotatable bonds is 3. The molecule has 0 aliphatic heterocycles. The number of aromatic nitrogens is 1. The number of nitrogens with zero attached hydrogens (tertiary/aromatic N) is 1. The average molecular weight is 341 g/mol. The first-order valence-corrected chi connectivity index (χ1v) is 7.83. The maximum Gasteiger partial charge on any atom is 0.257 e. The lowest BCUT2D eigenvalue weighted by molar-refractivity contribution is 0.489. The fraction of sp³-hybridized carbons (Fsp3) is 0.0833. The standard InChI is InChI=1S/C12H9BrN2OS2/c13-11-4-2-8(18-11)6-17-12-15-9-5-7(14)1-3-10(9)16-12/h1-5H,6,14H2. The van der Waals surface area contributed by atoms with Crippen molar-refractivity contribution in [2.75, 3.05) is 5.73 Å². The third-order valence-electron chi connectivity index (χ3n) is 2.36. The van der Waals surface area contributed by atoms with E-state index in [0.717, 1.165) is 20.6 Å². The molecule has 0 bridgehead atoms. The molecule has 0 spiro atoms. The van der Waals surface area contributed by atoms with Crippen molar-refractivity contribution in [3.63, 3.8) is 0 Å². The first-order valence-electron chi connectivity index (χ1n) is 5.24. The lowest BCUT2D eigenvalue weighted by atomic mass is 10.3. The van der Waals surface area contributed by atoms with Crippen LogP contribution in [0.5, 0.6) is 0 Å². The van der Waals surface area contributed by atoms with Gasteiger partial charge in [0.25, 0.3) is 5.22 Å². The molecule has 0 atom stereocenters. The largest absolute Gasteiger partial charge is 0.431 e. The summed E-state index contributed by atoms with van der Waals surface area (Å²) in [6, 6.07) is 9.64. The van der Waals surface area contributed by atoms with Crippen LogP contribution in [0.2, 0.25) is 0 Å². The lowest BCUT2D eigenvalue weighted by Crippen LogP contribution is -1.82. The van der Waals surface area contributed by atoms with Crippen LogP contribution in [0.1, 0.15) is 4.88 Å². The molecular weight excluding hydrogens is 332 g/mol. The molecule has 1 aromatic carbocycles. The highest BCUT2D eigenvalue weighted by Crippen LogP contribution is 2.30. The molecule has 0 amide bonds. The second kappa shape index (κ2) is 4.95. The summed E-state index contributed by atoms with van der Waals surface area (Å²) in [5.41, 5.74) is 8.00. The predicted octanol–water partition coefficient (Wildman–Crippen LogP) is 4.53. The number of oxazole rings is 1. The second-order valence-electron chi connectivity index (χ2n) is 3.70. The first kappa shape index (κ1) is 12.1. The zero-order valence-corrected chi connectivity index (χ0v) is 12.4. The molecular formula is C12H9BrN2OS2. The van der Waals surface area contributed by atoms with Crippen molar-refractivity contribution >= 4 is 55.8 Å². The Kier molecular flexibility index (Phi) is 3.32. The van der Waals surface area contributed by atoms with Gasteiger partial charge in [0.05, 0.1) is 3.79 Å². The number of nitrogen functional groups attached to an aromatic ring is 1. The molecule has 0 aliphatic carbocycles. The Labute approximate surface area is 121 Å². The number of anilines is 1. The van der Waals surface area contributed by atoms with Crippen LogP contribution in [0, 0.1) is 0 Å². The Balaban J connectivity index is 1.78. The third-order valence-corrected chi connectivity index (χ3v) is 5.04. The van der Waals surface area contributed by atoms with Gasteiger partial charge in [-0.25, -0.2) is 4.98 Å². The number of benzene rings is 1. The normalized spacial score (nSPS) is 11.2. The summed E-state index contributed by atoms with van der Waals surface area (Å²) in [5.74, 6) is 0.860. The minimum atomic E-state index is 0.681. The molecule has 0 radical (unpaired) electrons. The molecule has 0 unspecified atom stereocenters. The minimum Gasteiger partial charge on any atom is -0.431 e. The van der Waals surface area contributed by atoms with Crippen LogP contribution < -0.4 is 5.73 Å². The summed E-state index contributed by atoms with van der Waals surface area (Å²) >= 11 is 6.76. The summed E-state index contributed by atoms with van der Waals surface area (Å²) in [4.78, 5) is 5.69. The second-order valence-corrected chi connectivity index (χ2v) is 7.18. The van der Waals surface area contributed by atoms with E-state index >= 15 is 0 Å². The quantitative estimate of drug-likeness (QED) is 0.562. The van der Waals surface area contributed by atoms with Gasteiger partial charge in [-0.3, -0.25) is 0 Å². The SMILES string of the molecule is Nc1ccc2oc(SCc3ccc(Br)s3)nc2c1. The van der Waals surface area contributed by atoms with Gasteiger partial charge < -0.3 is 10.2 Å². The maximum atomic E-state index is 5.71. The van der Waals surface area contributed by atoms with Crippen molar-refractivity contribution < 1.29 is 4.42 Å². The molecule has 0 aliphatic rings. The van der Waals surface area contributed by atoms with Gasteiger partial charge in [0.2, 0.25) is 0 Å². The Hall–Kier alpha value is -0.980. The van der Waals surface area contributed by atoms with E-state index in [1.807, 2.05) is 24.3 Å². The summed E-state index contributed by atoms with van der Waals surface area (Å²) < 4.78 is 6.78. The van der Waals surface area contributed by atoms with Crippen LogP contribution in [0.25, 0.3) is 11.1 Å². The molecule has 3 rings (SSSR count). The van der Waals surface area contributed by atoms with Crippen LogP contribution in [-0.4, -0.2) is 4.98 Å². The fourth-order valence-corrected chi connectivity index (χ4v) is 3.91. The molecule has 3 nitrogen and oxygen atoms in total. The fourth-order valence-electron chi connectivity index (χ4n) is 1.55. The van der Waals surface area contributed by atoms with Crippen molar-refractivity contribution in [3.05, 3.63) is 39.0 Å². The van der Waals surface area contributed by atoms with Crippen molar-refractivity contribution in [3.8, 4) is 0 Å². The van der Waals surface area contributed by atoms with E-state index in [0.29, 0.717) is 10.9 Å². The van der Waals surface area contributed by atoms with Gasteiger partial charge in [0, 0.05) is 16.3 Å². The highest BCUT2D eigenvalue weighted by molar-refractivity contribution is 9.11. The molecule has 2 N–H and O–H groups in total. The zero-order valence-electron chi connectivity index (χ0n) is 9.22. The number of hydrogen-bond donors (Lipinski definition) is 1.